The van der Waals surface area contributed by atoms with Crippen LogP contribution in [0.4, 0.5) is 0 Å². The van der Waals surface area contributed by atoms with E-state index in [4.69, 9.17) is 18.9 Å². The van der Waals surface area contributed by atoms with Gasteiger partial charge in [0.05, 0.1) is 19.8 Å². The van der Waals surface area contributed by atoms with Crippen LogP contribution >= 0.6 is 0 Å². The number of fused-ring (bicyclic) bond motifs is 2. The lowest BCUT2D eigenvalue weighted by molar-refractivity contribution is 0.0246. The fourth-order valence-electron chi connectivity index (χ4n) is 3.84. The number of nitrogens with zero attached hydrogens (tertiary/aromatic N) is 2. The zero-order chi connectivity index (χ0) is 21.9. The van der Waals surface area contributed by atoms with Crippen molar-refractivity contribution in [3.8, 4) is 17.4 Å². The smallest absolute Gasteiger partial charge is 0.259 e. The lowest BCUT2D eigenvalue weighted by Crippen LogP contribution is -2.38. The summed E-state index contributed by atoms with van der Waals surface area (Å²) in [7, 11) is 0. The number of hydrogen-bond donors (Lipinski definition) is 0. The van der Waals surface area contributed by atoms with Crippen LogP contribution in [-0.4, -0.2) is 41.8 Å². The molecular formula is C25H24N2O5. The van der Waals surface area contributed by atoms with Gasteiger partial charge in [-0.1, -0.05) is 36.4 Å². The quantitative estimate of drug-likeness (QED) is 0.591. The van der Waals surface area contributed by atoms with Crippen molar-refractivity contribution in [3.63, 3.8) is 0 Å². The lowest BCUT2D eigenvalue weighted by Gasteiger charge is -2.24. The van der Waals surface area contributed by atoms with Crippen molar-refractivity contribution >= 4 is 5.91 Å². The van der Waals surface area contributed by atoms with Gasteiger partial charge in [0.15, 0.2) is 11.5 Å². The van der Waals surface area contributed by atoms with E-state index in [0.717, 1.165) is 22.6 Å². The van der Waals surface area contributed by atoms with E-state index in [1.807, 2.05) is 61.5 Å². The number of ether oxygens (including phenoxy) is 4. The number of aryl methyl sites for hydroxylation is 1. The molecule has 0 unspecified atom stereocenters. The highest BCUT2D eigenvalue weighted by molar-refractivity contribution is 5.96. The van der Waals surface area contributed by atoms with Crippen molar-refractivity contribution in [2.45, 2.75) is 26.2 Å². The van der Waals surface area contributed by atoms with Gasteiger partial charge in [-0.25, -0.2) is 4.98 Å². The number of pyridine rings is 1. The van der Waals surface area contributed by atoms with E-state index in [1.165, 1.54) is 0 Å². The van der Waals surface area contributed by atoms with Crippen LogP contribution in [0.25, 0.3) is 0 Å². The normalized spacial score (nSPS) is 17.0. The highest BCUT2D eigenvalue weighted by Gasteiger charge is 2.30. The minimum absolute atomic E-state index is 0.115. The summed E-state index contributed by atoms with van der Waals surface area (Å²) in [6.45, 7) is 3.72. The van der Waals surface area contributed by atoms with Crippen LogP contribution < -0.4 is 14.2 Å². The van der Waals surface area contributed by atoms with Crippen LogP contribution in [-0.2, 0) is 17.9 Å². The van der Waals surface area contributed by atoms with Crippen LogP contribution in [0.2, 0.25) is 0 Å². The second kappa shape index (κ2) is 8.88. The van der Waals surface area contributed by atoms with Crippen molar-refractivity contribution < 1.29 is 23.7 Å². The van der Waals surface area contributed by atoms with Gasteiger partial charge in [0, 0.05) is 12.2 Å². The summed E-state index contributed by atoms with van der Waals surface area (Å²) in [5.74, 6) is 1.66. The van der Waals surface area contributed by atoms with E-state index in [2.05, 4.69) is 4.98 Å². The van der Waals surface area contributed by atoms with Crippen molar-refractivity contribution in [1.82, 2.24) is 9.88 Å². The van der Waals surface area contributed by atoms with E-state index in [0.29, 0.717) is 43.5 Å². The molecule has 3 heterocycles. The third kappa shape index (κ3) is 4.38. The minimum Gasteiger partial charge on any atom is -0.469 e. The molecule has 2 aliphatic rings. The minimum atomic E-state index is -0.341. The number of hydrogen-bond acceptors (Lipinski definition) is 6. The van der Waals surface area contributed by atoms with Crippen molar-refractivity contribution in [3.05, 3.63) is 83.0 Å². The Hall–Kier alpha value is -3.58. The van der Waals surface area contributed by atoms with E-state index >= 15 is 0 Å². The number of carbonyl (C=O) groups is 1. The van der Waals surface area contributed by atoms with E-state index < -0.39 is 0 Å². The largest absolute Gasteiger partial charge is 0.469 e. The molecule has 2 aromatic carbocycles. The second-order valence-corrected chi connectivity index (χ2v) is 7.92. The second-order valence-electron chi connectivity index (χ2n) is 7.92. The predicted molar refractivity (Wildman–Crippen MR) is 117 cm³/mol. The van der Waals surface area contributed by atoms with Gasteiger partial charge < -0.3 is 23.8 Å². The van der Waals surface area contributed by atoms with Gasteiger partial charge >= 0.3 is 0 Å². The van der Waals surface area contributed by atoms with Gasteiger partial charge in [0.2, 0.25) is 12.7 Å². The number of rotatable bonds is 6. The van der Waals surface area contributed by atoms with Crippen molar-refractivity contribution in [2.24, 2.45) is 0 Å². The highest BCUT2D eigenvalue weighted by Crippen LogP contribution is 2.33. The molecule has 0 aliphatic carbocycles. The third-order valence-electron chi connectivity index (χ3n) is 5.45. The maximum atomic E-state index is 13.3. The van der Waals surface area contributed by atoms with E-state index in [-0.39, 0.29) is 18.8 Å². The fourth-order valence-corrected chi connectivity index (χ4v) is 3.84. The molecule has 32 heavy (non-hydrogen) atoms. The van der Waals surface area contributed by atoms with Gasteiger partial charge in [-0.3, -0.25) is 4.79 Å². The van der Waals surface area contributed by atoms with Gasteiger partial charge in [0.1, 0.15) is 11.7 Å². The Labute approximate surface area is 186 Å². The first-order valence-electron chi connectivity index (χ1n) is 10.6. The fraction of sp³-hybridized carbons (Fsp3) is 0.280. The summed E-state index contributed by atoms with van der Waals surface area (Å²) < 4.78 is 22.9. The maximum absolute atomic E-state index is 13.3. The third-order valence-corrected chi connectivity index (χ3v) is 5.45. The van der Waals surface area contributed by atoms with Crippen LogP contribution in [0, 0.1) is 6.92 Å². The molecule has 0 saturated heterocycles. The summed E-state index contributed by atoms with van der Waals surface area (Å²) in [4.78, 5) is 19.6. The van der Waals surface area contributed by atoms with E-state index in [1.54, 1.807) is 11.0 Å². The first-order chi connectivity index (χ1) is 15.7. The van der Waals surface area contributed by atoms with Crippen molar-refractivity contribution in [2.75, 3.05) is 19.9 Å². The highest BCUT2D eigenvalue weighted by atomic mass is 16.7. The summed E-state index contributed by atoms with van der Waals surface area (Å²) in [5.41, 5.74) is 3.30. The molecule has 3 aromatic rings. The zero-order valence-corrected chi connectivity index (χ0v) is 17.8. The molecule has 0 bridgehead atoms. The standard InChI is InChI=1S/C25H24N2O5/c1-17-7-9-21-24(26-17)32-20(15-29-14-18-5-3-2-4-6-18)13-27(25(21)28)12-19-8-10-22-23(11-19)31-16-30-22/h2-11,20H,12-16H2,1H3/t20-/m1/s1. The Balaban J connectivity index is 1.35. The van der Waals surface area contributed by atoms with Gasteiger partial charge in [-0.05, 0) is 42.3 Å². The molecule has 7 heteroatoms. The zero-order valence-electron chi connectivity index (χ0n) is 17.8. The molecule has 0 spiro atoms. The van der Waals surface area contributed by atoms with Gasteiger partial charge in [0.25, 0.3) is 5.91 Å². The number of aromatic nitrogens is 1. The summed E-state index contributed by atoms with van der Waals surface area (Å²) in [5, 5.41) is 0. The molecule has 0 saturated carbocycles. The molecule has 0 radical (unpaired) electrons. The molecule has 2 aliphatic heterocycles. The lowest BCUT2D eigenvalue weighted by atomic mass is 10.1. The molecule has 1 atom stereocenters. The summed E-state index contributed by atoms with van der Waals surface area (Å²) in [6, 6.07) is 19.3. The number of carbonyl (C=O) groups excluding carboxylic acids is 1. The van der Waals surface area contributed by atoms with Crippen LogP contribution in [0.3, 0.4) is 0 Å². The molecule has 1 aromatic heterocycles. The SMILES string of the molecule is Cc1ccc2c(n1)O[C@@H](COCc1ccccc1)CN(Cc1ccc3c(c1)OCO3)C2=O. The average molecular weight is 432 g/mol. The monoisotopic (exact) mass is 432 g/mol. The van der Waals surface area contributed by atoms with Gasteiger partial charge in [-0.2, -0.15) is 0 Å². The first kappa shape index (κ1) is 20.3. The Kier molecular flexibility index (Phi) is 5.64. The maximum Gasteiger partial charge on any atom is 0.259 e. The van der Waals surface area contributed by atoms with Crippen LogP contribution in [0.15, 0.2) is 60.7 Å². The molecule has 7 nitrogen and oxygen atoms in total. The first-order valence-corrected chi connectivity index (χ1v) is 10.6. The van der Waals surface area contributed by atoms with Gasteiger partial charge in [-0.15, -0.1) is 0 Å². The summed E-state index contributed by atoms with van der Waals surface area (Å²) >= 11 is 0. The molecule has 5 rings (SSSR count). The molecule has 0 N–H and O–H groups in total. The van der Waals surface area contributed by atoms with Crippen LogP contribution in [0.1, 0.15) is 27.2 Å². The Morgan fingerprint density at radius 3 is 2.75 bits per heavy atom. The van der Waals surface area contributed by atoms with Crippen molar-refractivity contribution in [1.29, 1.82) is 0 Å². The average Bonchev–Trinajstić information content (AvgIpc) is 3.22. The molecule has 164 valence electrons. The molecule has 0 fully saturated rings. The number of amides is 1. The Bertz CT molecular complexity index is 1120. The van der Waals surface area contributed by atoms with E-state index in [9.17, 15) is 4.79 Å². The summed E-state index contributed by atoms with van der Waals surface area (Å²) in [6.07, 6.45) is -0.341. The topological polar surface area (TPSA) is 70.1 Å². The molecule has 1 amide bonds. The Morgan fingerprint density at radius 2 is 1.88 bits per heavy atom. The van der Waals surface area contributed by atoms with Crippen LogP contribution in [0.5, 0.6) is 17.4 Å². The Morgan fingerprint density at radius 1 is 1.03 bits per heavy atom. The number of benzene rings is 2. The molecular weight excluding hydrogens is 408 g/mol. The predicted octanol–water partition coefficient (Wildman–Crippen LogP) is 3.74.